The molecule has 0 saturated carbocycles. The van der Waals surface area contributed by atoms with Crippen molar-refractivity contribution in [2.24, 2.45) is 5.73 Å². The average Bonchev–Trinajstić information content (AvgIpc) is 2.39. The van der Waals surface area contributed by atoms with Crippen LogP contribution in [0.3, 0.4) is 0 Å². The Bertz CT molecular complexity index is 368. The molecule has 100 valence electrons. The fourth-order valence-corrected chi connectivity index (χ4v) is 2.23. The molecule has 18 heavy (non-hydrogen) atoms. The van der Waals surface area contributed by atoms with Crippen molar-refractivity contribution in [3.63, 3.8) is 0 Å². The van der Waals surface area contributed by atoms with Crippen molar-refractivity contribution >= 4 is 23.4 Å². The molecule has 0 aliphatic rings. The molecule has 0 aromatic heterocycles. The Kier molecular flexibility index (Phi) is 6.60. The topological polar surface area (TPSA) is 64.3 Å². The molecule has 0 bridgehead atoms. The van der Waals surface area contributed by atoms with Gasteiger partial charge >= 0.3 is 0 Å². The number of nitrogens with one attached hydrogen (secondary N) is 1. The number of benzene rings is 1. The lowest BCUT2D eigenvalue weighted by Crippen LogP contribution is -2.23. The van der Waals surface area contributed by atoms with Crippen LogP contribution in [0.1, 0.15) is 13.3 Å². The zero-order valence-electron chi connectivity index (χ0n) is 10.8. The van der Waals surface area contributed by atoms with Crippen LogP contribution in [0, 0.1) is 0 Å². The van der Waals surface area contributed by atoms with Crippen molar-refractivity contribution in [1.82, 2.24) is 0 Å². The van der Waals surface area contributed by atoms with Crippen LogP contribution in [0.2, 0.25) is 0 Å². The van der Waals surface area contributed by atoms with Crippen molar-refractivity contribution < 1.29 is 9.53 Å². The number of carbonyl (C=O) groups excluding carboxylic acids is 1. The highest BCUT2D eigenvalue weighted by molar-refractivity contribution is 8.00. The molecule has 1 unspecified atom stereocenters. The third-order valence-corrected chi connectivity index (χ3v) is 3.68. The molecule has 1 aromatic rings. The minimum absolute atomic E-state index is 0.0159. The van der Waals surface area contributed by atoms with Crippen LogP contribution in [0.5, 0.6) is 5.75 Å². The van der Waals surface area contributed by atoms with Crippen molar-refractivity contribution in [3.8, 4) is 5.75 Å². The Morgan fingerprint density at radius 2 is 2.11 bits per heavy atom. The highest BCUT2D eigenvalue weighted by Crippen LogP contribution is 2.17. The first-order valence-corrected chi connectivity index (χ1v) is 6.99. The molecule has 0 radical (unpaired) electrons. The molecule has 0 aliphatic heterocycles. The number of hydrogen-bond acceptors (Lipinski definition) is 4. The number of anilines is 1. The minimum atomic E-state index is -0.0707. The maximum absolute atomic E-state index is 11.9. The Labute approximate surface area is 112 Å². The van der Waals surface area contributed by atoms with Crippen LogP contribution in [0.25, 0.3) is 0 Å². The van der Waals surface area contributed by atoms with Gasteiger partial charge in [-0.15, -0.1) is 11.8 Å². The van der Waals surface area contributed by atoms with Gasteiger partial charge in [0.05, 0.1) is 12.4 Å². The highest BCUT2D eigenvalue weighted by atomic mass is 32.2. The van der Waals surface area contributed by atoms with Crippen molar-refractivity contribution in [2.75, 3.05) is 24.7 Å². The lowest BCUT2D eigenvalue weighted by Gasteiger charge is -2.12. The summed E-state index contributed by atoms with van der Waals surface area (Å²) >= 11 is 1.62. The number of thioether (sulfide) groups is 1. The van der Waals surface area contributed by atoms with Gasteiger partial charge in [0.1, 0.15) is 5.75 Å². The first kappa shape index (κ1) is 14.9. The zero-order valence-corrected chi connectivity index (χ0v) is 11.6. The van der Waals surface area contributed by atoms with E-state index in [4.69, 9.17) is 10.5 Å². The van der Waals surface area contributed by atoms with E-state index in [0.717, 1.165) is 23.6 Å². The summed E-state index contributed by atoms with van der Waals surface area (Å²) in [5.74, 6) is 1.70. The Morgan fingerprint density at radius 1 is 1.44 bits per heavy atom. The van der Waals surface area contributed by atoms with Gasteiger partial charge in [-0.3, -0.25) is 4.79 Å². The summed E-state index contributed by atoms with van der Waals surface area (Å²) in [7, 11) is 1.61. The molecule has 0 fully saturated rings. The lowest BCUT2D eigenvalue weighted by atomic mass is 10.3. The molecule has 4 nitrogen and oxygen atoms in total. The summed E-state index contributed by atoms with van der Waals surface area (Å²) in [4.78, 5) is 11.9. The molecular weight excluding hydrogens is 248 g/mol. The smallest absolute Gasteiger partial charge is 0.237 e. The van der Waals surface area contributed by atoms with E-state index >= 15 is 0 Å². The molecule has 0 aliphatic carbocycles. The first-order chi connectivity index (χ1) is 8.67. The average molecular weight is 268 g/mol. The van der Waals surface area contributed by atoms with Gasteiger partial charge < -0.3 is 15.8 Å². The predicted molar refractivity (Wildman–Crippen MR) is 77.2 cm³/mol. The normalized spacial score (nSPS) is 11.9. The van der Waals surface area contributed by atoms with E-state index in [-0.39, 0.29) is 11.2 Å². The number of nitrogens with two attached hydrogens (primary N) is 1. The van der Waals surface area contributed by atoms with Gasteiger partial charge in [-0.25, -0.2) is 0 Å². The van der Waals surface area contributed by atoms with E-state index in [1.165, 1.54) is 0 Å². The van der Waals surface area contributed by atoms with Crippen LogP contribution in [0.4, 0.5) is 5.69 Å². The van der Waals surface area contributed by atoms with Gasteiger partial charge in [-0.05, 0) is 49.9 Å². The first-order valence-electron chi connectivity index (χ1n) is 5.94. The summed E-state index contributed by atoms with van der Waals surface area (Å²) in [5, 5.41) is 2.80. The largest absolute Gasteiger partial charge is 0.497 e. The molecule has 1 amide bonds. The van der Waals surface area contributed by atoms with Gasteiger partial charge in [-0.1, -0.05) is 0 Å². The Hall–Kier alpha value is -1.20. The monoisotopic (exact) mass is 268 g/mol. The number of rotatable bonds is 7. The Morgan fingerprint density at radius 3 is 2.67 bits per heavy atom. The third-order valence-electron chi connectivity index (χ3n) is 2.44. The number of amides is 1. The SMILES string of the molecule is COc1ccc(NC(=O)C(C)SCCCN)cc1. The highest BCUT2D eigenvalue weighted by Gasteiger charge is 2.12. The van der Waals surface area contributed by atoms with E-state index in [9.17, 15) is 4.79 Å². The fraction of sp³-hybridized carbons (Fsp3) is 0.462. The van der Waals surface area contributed by atoms with Crippen molar-refractivity contribution in [3.05, 3.63) is 24.3 Å². The van der Waals surface area contributed by atoms with Gasteiger partial charge in [0, 0.05) is 5.69 Å². The van der Waals surface area contributed by atoms with Crippen LogP contribution in [0.15, 0.2) is 24.3 Å². The molecule has 1 rings (SSSR count). The molecule has 0 heterocycles. The van der Waals surface area contributed by atoms with Crippen LogP contribution < -0.4 is 15.8 Å². The second kappa shape index (κ2) is 8.00. The van der Waals surface area contributed by atoms with Gasteiger partial charge in [-0.2, -0.15) is 0 Å². The summed E-state index contributed by atoms with van der Waals surface area (Å²) in [6.07, 6.45) is 0.935. The predicted octanol–water partition coefficient (Wildman–Crippen LogP) is 2.10. The minimum Gasteiger partial charge on any atom is -0.497 e. The quantitative estimate of drug-likeness (QED) is 0.743. The summed E-state index contributed by atoms with van der Waals surface area (Å²) in [5.41, 5.74) is 6.20. The summed E-state index contributed by atoms with van der Waals surface area (Å²) in [6, 6.07) is 7.30. The maximum atomic E-state index is 11.9. The van der Waals surface area contributed by atoms with E-state index in [0.29, 0.717) is 6.54 Å². The van der Waals surface area contributed by atoms with Gasteiger partial charge in [0.25, 0.3) is 0 Å². The summed E-state index contributed by atoms with van der Waals surface area (Å²) < 4.78 is 5.06. The van der Waals surface area contributed by atoms with Crippen LogP contribution in [-0.4, -0.2) is 30.6 Å². The van der Waals surface area contributed by atoms with E-state index < -0.39 is 0 Å². The zero-order chi connectivity index (χ0) is 13.4. The van der Waals surface area contributed by atoms with E-state index in [2.05, 4.69) is 5.32 Å². The molecule has 0 spiro atoms. The number of ether oxygens (including phenoxy) is 1. The van der Waals surface area contributed by atoms with Gasteiger partial charge in [0.15, 0.2) is 0 Å². The Balaban J connectivity index is 2.42. The molecule has 3 N–H and O–H groups in total. The molecule has 1 aromatic carbocycles. The second-order valence-corrected chi connectivity index (χ2v) is 5.32. The van der Waals surface area contributed by atoms with Crippen molar-refractivity contribution in [2.45, 2.75) is 18.6 Å². The second-order valence-electron chi connectivity index (χ2n) is 3.87. The standard InChI is InChI=1S/C13H20N2O2S/c1-10(18-9-3-8-14)13(16)15-11-4-6-12(17-2)7-5-11/h4-7,10H,3,8-9,14H2,1-2H3,(H,15,16). The van der Waals surface area contributed by atoms with Crippen LogP contribution in [-0.2, 0) is 4.79 Å². The third kappa shape index (κ3) is 4.98. The van der Waals surface area contributed by atoms with Gasteiger partial charge in [0.2, 0.25) is 5.91 Å². The molecule has 5 heteroatoms. The fourth-order valence-electron chi connectivity index (χ4n) is 1.34. The lowest BCUT2D eigenvalue weighted by molar-refractivity contribution is -0.115. The van der Waals surface area contributed by atoms with Crippen LogP contribution >= 0.6 is 11.8 Å². The van der Waals surface area contributed by atoms with Crippen molar-refractivity contribution in [1.29, 1.82) is 0 Å². The molecule has 0 saturated heterocycles. The summed E-state index contributed by atoms with van der Waals surface area (Å²) in [6.45, 7) is 2.57. The maximum Gasteiger partial charge on any atom is 0.237 e. The van der Waals surface area contributed by atoms with E-state index in [1.807, 2.05) is 31.2 Å². The molecule has 1 atom stereocenters. The number of carbonyl (C=O) groups is 1. The van der Waals surface area contributed by atoms with E-state index in [1.54, 1.807) is 18.9 Å². The molecular formula is C13H20N2O2S. The number of methoxy groups -OCH3 is 1. The number of hydrogen-bond donors (Lipinski definition) is 2.